The second kappa shape index (κ2) is 9.33. The molecule has 0 radical (unpaired) electrons. The van der Waals surface area contributed by atoms with Gasteiger partial charge in [0.05, 0.1) is 16.8 Å². The van der Waals surface area contributed by atoms with Crippen molar-refractivity contribution in [2.75, 3.05) is 36.4 Å². The van der Waals surface area contributed by atoms with Crippen LogP contribution in [0.5, 0.6) is 0 Å². The molecule has 5 heteroatoms. The first-order valence-corrected chi connectivity index (χ1v) is 10.7. The van der Waals surface area contributed by atoms with Crippen LogP contribution in [0.2, 0.25) is 5.02 Å². The number of hydrogen-bond acceptors (Lipinski definition) is 3. The molecule has 1 heterocycles. The maximum Gasteiger partial charge on any atom is 0.241 e. The zero-order valence-electron chi connectivity index (χ0n) is 17.1. The van der Waals surface area contributed by atoms with Gasteiger partial charge < -0.3 is 10.2 Å². The van der Waals surface area contributed by atoms with Gasteiger partial charge in [0.25, 0.3) is 0 Å². The van der Waals surface area contributed by atoms with Gasteiger partial charge in [-0.15, -0.1) is 0 Å². The van der Waals surface area contributed by atoms with Gasteiger partial charge >= 0.3 is 0 Å². The van der Waals surface area contributed by atoms with Crippen molar-refractivity contribution in [2.24, 2.45) is 0 Å². The van der Waals surface area contributed by atoms with E-state index in [1.807, 2.05) is 67.6 Å². The Morgan fingerprint density at radius 1 is 0.867 bits per heavy atom. The SMILES string of the molecule is C[C@@H](C(=O)Nc1ccccc1-c1ccccc1)N1CCN(c2ccccc2Cl)CC1. The molecule has 30 heavy (non-hydrogen) atoms. The molecule has 0 aromatic heterocycles. The van der Waals surface area contributed by atoms with Gasteiger partial charge in [-0.2, -0.15) is 0 Å². The van der Waals surface area contributed by atoms with Gasteiger partial charge in [-0.1, -0.05) is 72.3 Å². The fourth-order valence-electron chi connectivity index (χ4n) is 3.92. The minimum Gasteiger partial charge on any atom is -0.368 e. The third kappa shape index (κ3) is 4.50. The lowest BCUT2D eigenvalue weighted by Gasteiger charge is -2.38. The van der Waals surface area contributed by atoms with E-state index in [4.69, 9.17) is 11.6 Å². The van der Waals surface area contributed by atoms with Crippen molar-refractivity contribution in [3.63, 3.8) is 0 Å². The smallest absolute Gasteiger partial charge is 0.241 e. The van der Waals surface area contributed by atoms with Crippen LogP contribution in [0.15, 0.2) is 78.9 Å². The fraction of sp³-hybridized carbons (Fsp3) is 0.240. The maximum atomic E-state index is 13.0. The van der Waals surface area contributed by atoms with E-state index in [-0.39, 0.29) is 11.9 Å². The molecule has 0 saturated carbocycles. The third-order valence-electron chi connectivity index (χ3n) is 5.70. The summed E-state index contributed by atoms with van der Waals surface area (Å²) in [4.78, 5) is 17.5. The van der Waals surface area contributed by atoms with E-state index >= 15 is 0 Å². The monoisotopic (exact) mass is 419 g/mol. The summed E-state index contributed by atoms with van der Waals surface area (Å²) in [5, 5.41) is 3.92. The minimum absolute atomic E-state index is 0.0181. The quantitative estimate of drug-likeness (QED) is 0.620. The molecular weight excluding hydrogens is 394 g/mol. The van der Waals surface area contributed by atoms with E-state index in [9.17, 15) is 4.79 Å². The second-order valence-electron chi connectivity index (χ2n) is 7.55. The van der Waals surface area contributed by atoms with Crippen LogP contribution < -0.4 is 10.2 Å². The average Bonchev–Trinajstić information content (AvgIpc) is 2.80. The number of rotatable bonds is 5. The van der Waals surface area contributed by atoms with Crippen LogP contribution in [-0.2, 0) is 4.79 Å². The van der Waals surface area contributed by atoms with Crippen molar-refractivity contribution in [3.8, 4) is 11.1 Å². The summed E-state index contributed by atoms with van der Waals surface area (Å²) in [5.74, 6) is 0.0181. The Balaban J connectivity index is 1.40. The van der Waals surface area contributed by atoms with Crippen molar-refractivity contribution >= 4 is 28.9 Å². The molecule has 0 bridgehead atoms. The first-order chi connectivity index (χ1) is 14.6. The molecule has 1 aliphatic heterocycles. The normalized spacial score (nSPS) is 15.6. The summed E-state index contributed by atoms with van der Waals surface area (Å²) in [7, 11) is 0. The highest BCUT2D eigenvalue weighted by Crippen LogP contribution is 2.29. The molecular formula is C25H26ClN3O. The molecule has 1 fully saturated rings. The van der Waals surface area contributed by atoms with E-state index in [2.05, 4.69) is 33.3 Å². The Kier molecular flexibility index (Phi) is 6.36. The van der Waals surface area contributed by atoms with Gasteiger partial charge in [-0.3, -0.25) is 9.69 Å². The molecule has 1 amide bonds. The van der Waals surface area contributed by atoms with E-state index in [1.54, 1.807) is 0 Å². The number of nitrogens with one attached hydrogen (secondary N) is 1. The summed E-state index contributed by atoms with van der Waals surface area (Å²) < 4.78 is 0. The number of hydrogen-bond donors (Lipinski definition) is 1. The summed E-state index contributed by atoms with van der Waals surface area (Å²) in [6, 6.07) is 25.8. The van der Waals surface area contributed by atoms with Gasteiger partial charge in [0.15, 0.2) is 0 Å². The number of para-hydroxylation sites is 2. The Bertz CT molecular complexity index is 1000. The molecule has 3 aromatic rings. The van der Waals surface area contributed by atoms with Crippen molar-refractivity contribution < 1.29 is 4.79 Å². The zero-order chi connectivity index (χ0) is 20.9. The van der Waals surface area contributed by atoms with Crippen molar-refractivity contribution in [2.45, 2.75) is 13.0 Å². The molecule has 0 unspecified atom stereocenters. The summed E-state index contributed by atoms with van der Waals surface area (Å²) in [6.07, 6.45) is 0. The number of carbonyl (C=O) groups is 1. The Morgan fingerprint density at radius 3 is 2.23 bits per heavy atom. The number of benzene rings is 3. The van der Waals surface area contributed by atoms with Crippen LogP contribution in [-0.4, -0.2) is 43.0 Å². The number of piperazine rings is 1. The molecule has 1 saturated heterocycles. The lowest BCUT2D eigenvalue weighted by atomic mass is 10.0. The Morgan fingerprint density at radius 2 is 1.50 bits per heavy atom. The predicted octanol–water partition coefficient (Wildman–Crippen LogP) is 5.16. The van der Waals surface area contributed by atoms with E-state index < -0.39 is 0 Å². The van der Waals surface area contributed by atoms with Crippen molar-refractivity contribution in [1.29, 1.82) is 0 Å². The standard InChI is InChI=1S/C25H26ClN3O/c1-19(28-15-17-29(18-16-28)24-14-8-6-12-22(24)26)25(30)27-23-13-7-5-11-21(23)20-9-3-2-4-10-20/h2-14,19H,15-18H2,1H3,(H,27,30)/t19-/m0/s1. The van der Waals surface area contributed by atoms with Crippen LogP contribution in [0.1, 0.15) is 6.92 Å². The molecule has 1 aliphatic rings. The summed E-state index contributed by atoms with van der Waals surface area (Å²) in [5.41, 5.74) is 4.03. The number of halogens is 1. The predicted molar refractivity (Wildman–Crippen MR) is 125 cm³/mol. The van der Waals surface area contributed by atoms with Crippen LogP contribution >= 0.6 is 11.6 Å². The van der Waals surface area contributed by atoms with Crippen molar-refractivity contribution in [3.05, 3.63) is 83.9 Å². The molecule has 4 nitrogen and oxygen atoms in total. The highest BCUT2D eigenvalue weighted by atomic mass is 35.5. The average molecular weight is 420 g/mol. The highest BCUT2D eigenvalue weighted by molar-refractivity contribution is 6.33. The lowest BCUT2D eigenvalue weighted by Crippen LogP contribution is -2.52. The Labute approximate surface area is 183 Å². The van der Waals surface area contributed by atoms with Gasteiger partial charge in [0, 0.05) is 37.4 Å². The van der Waals surface area contributed by atoms with E-state index in [1.165, 1.54) is 0 Å². The van der Waals surface area contributed by atoms with Crippen LogP contribution in [0, 0.1) is 0 Å². The highest BCUT2D eigenvalue weighted by Gasteiger charge is 2.26. The fourth-order valence-corrected chi connectivity index (χ4v) is 4.18. The van der Waals surface area contributed by atoms with E-state index in [0.29, 0.717) is 0 Å². The molecule has 1 atom stereocenters. The maximum absolute atomic E-state index is 13.0. The van der Waals surface area contributed by atoms with Crippen LogP contribution in [0.3, 0.4) is 0 Å². The third-order valence-corrected chi connectivity index (χ3v) is 6.02. The van der Waals surface area contributed by atoms with Gasteiger partial charge in [-0.25, -0.2) is 0 Å². The first kappa shape index (κ1) is 20.5. The lowest BCUT2D eigenvalue weighted by molar-refractivity contribution is -0.120. The zero-order valence-corrected chi connectivity index (χ0v) is 17.8. The van der Waals surface area contributed by atoms with Crippen LogP contribution in [0.25, 0.3) is 11.1 Å². The second-order valence-corrected chi connectivity index (χ2v) is 7.96. The molecule has 1 N–H and O–H groups in total. The van der Waals surface area contributed by atoms with Crippen molar-refractivity contribution in [1.82, 2.24) is 4.90 Å². The Hall–Kier alpha value is -2.82. The number of amides is 1. The number of anilines is 2. The molecule has 3 aromatic carbocycles. The topological polar surface area (TPSA) is 35.6 Å². The largest absolute Gasteiger partial charge is 0.368 e. The number of nitrogens with zero attached hydrogens (tertiary/aromatic N) is 2. The van der Waals surface area contributed by atoms with E-state index in [0.717, 1.165) is 53.7 Å². The molecule has 154 valence electrons. The molecule has 4 rings (SSSR count). The molecule has 0 aliphatic carbocycles. The molecule has 0 spiro atoms. The number of carbonyl (C=O) groups excluding carboxylic acids is 1. The van der Waals surface area contributed by atoms with Gasteiger partial charge in [-0.05, 0) is 30.7 Å². The summed E-state index contributed by atoms with van der Waals surface area (Å²) in [6.45, 7) is 5.32. The van der Waals surface area contributed by atoms with Gasteiger partial charge in [0.1, 0.15) is 0 Å². The minimum atomic E-state index is -0.206. The van der Waals surface area contributed by atoms with Gasteiger partial charge in [0.2, 0.25) is 5.91 Å². The summed E-state index contributed by atoms with van der Waals surface area (Å²) >= 11 is 6.34. The van der Waals surface area contributed by atoms with Crippen LogP contribution in [0.4, 0.5) is 11.4 Å². The first-order valence-electron chi connectivity index (χ1n) is 10.3.